The molecule has 6 nitrogen and oxygen atoms in total. The quantitative estimate of drug-likeness (QED) is 0.539. The first kappa shape index (κ1) is 21.8. The largest absolute Gasteiger partial charge is 0.353 e. The average molecular weight is 430 g/mol. The third-order valence-electron chi connectivity index (χ3n) is 4.87. The van der Waals surface area contributed by atoms with E-state index in [-0.39, 0.29) is 29.5 Å². The lowest BCUT2D eigenvalue weighted by molar-refractivity contribution is -0.119. The number of para-hydroxylation sites is 1. The number of hydrogen-bond donors (Lipinski definition) is 2. The zero-order valence-corrected chi connectivity index (χ0v) is 17.5. The molecule has 1 aliphatic heterocycles. The van der Waals surface area contributed by atoms with E-state index in [2.05, 4.69) is 10.6 Å². The van der Waals surface area contributed by atoms with Crippen LogP contribution in [0.4, 0.5) is 14.9 Å². The van der Waals surface area contributed by atoms with Crippen molar-refractivity contribution in [2.24, 2.45) is 0 Å². The van der Waals surface area contributed by atoms with E-state index in [4.69, 9.17) is 0 Å². The first-order valence-electron chi connectivity index (χ1n) is 9.76. The Labute approximate surface area is 179 Å². The van der Waals surface area contributed by atoms with Crippen LogP contribution in [0.25, 0.3) is 0 Å². The van der Waals surface area contributed by atoms with Crippen LogP contribution in [0.3, 0.4) is 0 Å². The van der Waals surface area contributed by atoms with E-state index < -0.39 is 5.82 Å². The summed E-state index contributed by atoms with van der Waals surface area (Å²) in [6.07, 6.45) is 1.33. The number of nitrogens with zero attached hydrogens (tertiary/aromatic N) is 1. The van der Waals surface area contributed by atoms with Gasteiger partial charge in [0.1, 0.15) is 5.82 Å². The number of anilines is 1. The third kappa shape index (κ3) is 6.06. The molecule has 0 radical (unpaired) electrons. The van der Waals surface area contributed by atoms with Crippen molar-refractivity contribution in [2.75, 3.05) is 24.2 Å². The van der Waals surface area contributed by atoms with Crippen LogP contribution in [0.1, 0.15) is 30.1 Å². The molecule has 1 saturated heterocycles. The number of carbonyl (C=O) groups is 3. The van der Waals surface area contributed by atoms with Crippen LogP contribution in [0.15, 0.2) is 53.4 Å². The molecule has 1 heterocycles. The lowest BCUT2D eigenvalue weighted by Gasteiger charge is -2.32. The number of likely N-dealkylation sites (tertiary alicyclic amines) is 1. The van der Waals surface area contributed by atoms with Crippen molar-refractivity contribution in [1.29, 1.82) is 0 Å². The monoisotopic (exact) mass is 429 g/mol. The Bertz CT molecular complexity index is 915. The Morgan fingerprint density at radius 2 is 1.80 bits per heavy atom. The van der Waals surface area contributed by atoms with E-state index in [1.54, 1.807) is 11.0 Å². The van der Waals surface area contributed by atoms with Crippen molar-refractivity contribution < 1.29 is 18.8 Å². The van der Waals surface area contributed by atoms with E-state index in [0.717, 1.165) is 17.4 Å². The number of ketones is 1. The van der Waals surface area contributed by atoms with Crippen LogP contribution in [-0.4, -0.2) is 47.5 Å². The summed E-state index contributed by atoms with van der Waals surface area (Å²) in [6, 6.07) is 13.4. The number of amides is 3. The number of carbonyl (C=O) groups excluding carboxylic acids is 3. The van der Waals surface area contributed by atoms with Crippen molar-refractivity contribution in [3.05, 3.63) is 59.9 Å². The fraction of sp³-hybridized carbons (Fsp3) is 0.318. The molecule has 0 bridgehead atoms. The van der Waals surface area contributed by atoms with Crippen molar-refractivity contribution >= 4 is 35.2 Å². The fourth-order valence-electron chi connectivity index (χ4n) is 3.20. The first-order chi connectivity index (χ1) is 14.4. The normalized spacial score (nSPS) is 14.3. The molecule has 8 heteroatoms. The van der Waals surface area contributed by atoms with Gasteiger partial charge in [-0.25, -0.2) is 9.18 Å². The summed E-state index contributed by atoms with van der Waals surface area (Å²) in [6.45, 7) is 2.49. The van der Waals surface area contributed by atoms with Gasteiger partial charge in [0.2, 0.25) is 5.91 Å². The summed E-state index contributed by atoms with van der Waals surface area (Å²) in [5.41, 5.74) is 1.06. The second-order valence-corrected chi connectivity index (χ2v) is 8.13. The van der Waals surface area contributed by atoms with Crippen LogP contribution in [0, 0.1) is 5.82 Å². The van der Waals surface area contributed by atoms with Crippen molar-refractivity contribution in [3.8, 4) is 0 Å². The topological polar surface area (TPSA) is 78.5 Å². The SMILES string of the molecule is CC(=O)c1ccc(SCC(=O)NC2CCN(C(=O)Nc3ccccc3)CC2)c(F)c1. The number of urea groups is 1. The summed E-state index contributed by atoms with van der Waals surface area (Å²) < 4.78 is 14.0. The summed E-state index contributed by atoms with van der Waals surface area (Å²) >= 11 is 1.10. The first-order valence-corrected chi connectivity index (χ1v) is 10.7. The van der Waals surface area contributed by atoms with Crippen LogP contribution in [-0.2, 0) is 4.79 Å². The second kappa shape index (κ2) is 10.2. The highest BCUT2D eigenvalue weighted by Crippen LogP contribution is 2.23. The molecule has 2 N–H and O–H groups in total. The zero-order valence-electron chi connectivity index (χ0n) is 16.7. The predicted molar refractivity (Wildman–Crippen MR) is 115 cm³/mol. The molecule has 1 aliphatic rings. The van der Waals surface area contributed by atoms with Crippen LogP contribution < -0.4 is 10.6 Å². The zero-order chi connectivity index (χ0) is 21.5. The molecule has 0 unspecified atom stereocenters. The van der Waals surface area contributed by atoms with Gasteiger partial charge in [0.05, 0.1) is 5.75 Å². The van der Waals surface area contributed by atoms with Gasteiger partial charge in [-0.05, 0) is 44.0 Å². The molecule has 3 rings (SSSR count). The smallest absolute Gasteiger partial charge is 0.321 e. The van der Waals surface area contributed by atoms with Crippen LogP contribution >= 0.6 is 11.8 Å². The molecule has 2 aromatic carbocycles. The third-order valence-corrected chi connectivity index (χ3v) is 5.92. The van der Waals surface area contributed by atoms with Gasteiger partial charge < -0.3 is 15.5 Å². The minimum atomic E-state index is -0.502. The Morgan fingerprint density at radius 1 is 1.10 bits per heavy atom. The highest BCUT2D eigenvalue weighted by Gasteiger charge is 2.24. The molecule has 30 heavy (non-hydrogen) atoms. The number of hydrogen-bond acceptors (Lipinski definition) is 4. The van der Waals surface area contributed by atoms with Crippen molar-refractivity contribution in [2.45, 2.75) is 30.7 Å². The lowest BCUT2D eigenvalue weighted by atomic mass is 10.1. The highest BCUT2D eigenvalue weighted by molar-refractivity contribution is 8.00. The molecule has 0 saturated carbocycles. The lowest BCUT2D eigenvalue weighted by Crippen LogP contribution is -2.48. The number of piperidine rings is 1. The van der Waals surface area contributed by atoms with Crippen LogP contribution in [0.5, 0.6) is 0 Å². The molecule has 0 atom stereocenters. The van der Waals surface area contributed by atoms with Gasteiger partial charge in [-0.3, -0.25) is 9.59 Å². The second-order valence-electron chi connectivity index (χ2n) is 7.12. The van der Waals surface area contributed by atoms with E-state index in [1.807, 2.05) is 30.3 Å². The van der Waals surface area contributed by atoms with Crippen molar-refractivity contribution in [1.82, 2.24) is 10.2 Å². The molecule has 2 aromatic rings. The van der Waals surface area contributed by atoms with E-state index in [0.29, 0.717) is 36.4 Å². The summed E-state index contributed by atoms with van der Waals surface area (Å²) in [7, 11) is 0. The standard InChI is InChI=1S/C22H24FN3O3S/c1-15(27)16-7-8-20(19(23)13-16)30-14-21(28)24-18-9-11-26(12-10-18)22(29)25-17-5-3-2-4-6-17/h2-8,13,18H,9-12,14H2,1H3,(H,24,28)(H,25,29). The molecular formula is C22H24FN3O3S. The molecule has 0 aromatic heterocycles. The Morgan fingerprint density at radius 3 is 2.43 bits per heavy atom. The number of Topliss-reactive ketones (excluding diaryl/α,β-unsaturated/α-hetero) is 1. The molecule has 158 valence electrons. The average Bonchev–Trinajstić information content (AvgIpc) is 2.74. The Kier molecular flexibility index (Phi) is 7.46. The summed E-state index contributed by atoms with van der Waals surface area (Å²) in [4.78, 5) is 37.9. The minimum Gasteiger partial charge on any atom is -0.353 e. The molecule has 0 aliphatic carbocycles. The number of rotatable bonds is 6. The van der Waals surface area contributed by atoms with Gasteiger partial charge in [0, 0.05) is 35.3 Å². The molecule has 3 amide bonds. The van der Waals surface area contributed by atoms with Gasteiger partial charge in [0.15, 0.2) is 5.78 Å². The maximum absolute atomic E-state index is 14.0. The Hall–Kier alpha value is -2.87. The van der Waals surface area contributed by atoms with Gasteiger partial charge >= 0.3 is 6.03 Å². The highest BCUT2D eigenvalue weighted by atomic mass is 32.2. The molecule has 1 fully saturated rings. The van der Waals surface area contributed by atoms with E-state index in [1.165, 1.54) is 19.1 Å². The van der Waals surface area contributed by atoms with Crippen LogP contribution in [0.2, 0.25) is 0 Å². The fourth-order valence-corrected chi connectivity index (χ4v) is 3.93. The number of nitrogens with one attached hydrogen (secondary N) is 2. The number of benzene rings is 2. The van der Waals surface area contributed by atoms with Gasteiger partial charge in [-0.1, -0.05) is 24.3 Å². The molecular weight excluding hydrogens is 405 g/mol. The predicted octanol–water partition coefficient (Wildman–Crippen LogP) is 3.93. The van der Waals surface area contributed by atoms with Gasteiger partial charge in [-0.15, -0.1) is 11.8 Å². The van der Waals surface area contributed by atoms with Gasteiger partial charge in [-0.2, -0.15) is 0 Å². The summed E-state index contributed by atoms with van der Waals surface area (Å²) in [5, 5.41) is 5.81. The maximum Gasteiger partial charge on any atom is 0.321 e. The van der Waals surface area contributed by atoms with Gasteiger partial charge in [0.25, 0.3) is 0 Å². The van der Waals surface area contributed by atoms with E-state index >= 15 is 0 Å². The maximum atomic E-state index is 14.0. The summed E-state index contributed by atoms with van der Waals surface area (Å²) in [5.74, 6) is -0.794. The number of thioether (sulfide) groups is 1. The van der Waals surface area contributed by atoms with E-state index in [9.17, 15) is 18.8 Å². The molecule has 0 spiro atoms. The minimum absolute atomic E-state index is 0.0104. The Balaban J connectivity index is 1.41. The van der Waals surface area contributed by atoms with Crippen molar-refractivity contribution in [3.63, 3.8) is 0 Å². The number of halogens is 1.